The van der Waals surface area contributed by atoms with E-state index in [0.717, 1.165) is 5.57 Å². The van der Waals surface area contributed by atoms with Crippen LogP contribution in [0.15, 0.2) is 11.0 Å². The SMILES string of the molecule is CC(=O)OCC1=CS[C@@H]2[C@H](N)C(=O)N2C1. The van der Waals surface area contributed by atoms with Crippen molar-refractivity contribution >= 4 is 23.6 Å². The first-order valence-electron chi connectivity index (χ1n) is 4.62. The van der Waals surface area contributed by atoms with E-state index >= 15 is 0 Å². The molecule has 1 saturated heterocycles. The van der Waals surface area contributed by atoms with E-state index < -0.39 is 0 Å². The monoisotopic (exact) mass is 228 g/mol. The lowest BCUT2D eigenvalue weighted by Gasteiger charge is -2.46. The van der Waals surface area contributed by atoms with Gasteiger partial charge in [0.15, 0.2) is 0 Å². The van der Waals surface area contributed by atoms with Gasteiger partial charge in [-0.3, -0.25) is 9.59 Å². The molecule has 0 unspecified atom stereocenters. The number of rotatable bonds is 2. The molecule has 2 rings (SSSR count). The number of hydrogen-bond acceptors (Lipinski definition) is 5. The van der Waals surface area contributed by atoms with Crippen molar-refractivity contribution in [2.24, 2.45) is 5.73 Å². The minimum absolute atomic E-state index is 0.0269. The highest BCUT2D eigenvalue weighted by atomic mass is 32.2. The maximum Gasteiger partial charge on any atom is 0.302 e. The number of nitrogens with two attached hydrogens (primary N) is 1. The molecule has 0 spiro atoms. The van der Waals surface area contributed by atoms with Gasteiger partial charge in [0.25, 0.3) is 0 Å². The number of hydrogen-bond donors (Lipinski definition) is 1. The summed E-state index contributed by atoms with van der Waals surface area (Å²) in [6.07, 6.45) is 0. The summed E-state index contributed by atoms with van der Waals surface area (Å²) in [5.74, 6) is -0.337. The number of ether oxygens (including phenoxy) is 1. The molecule has 0 saturated carbocycles. The quantitative estimate of drug-likeness (QED) is 0.518. The van der Waals surface area contributed by atoms with E-state index in [9.17, 15) is 9.59 Å². The topological polar surface area (TPSA) is 72.6 Å². The van der Waals surface area contributed by atoms with E-state index in [1.54, 1.807) is 4.90 Å². The van der Waals surface area contributed by atoms with Gasteiger partial charge in [-0.2, -0.15) is 0 Å². The molecule has 0 radical (unpaired) electrons. The van der Waals surface area contributed by atoms with Crippen molar-refractivity contribution in [1.29, 1.82) is 0 Å². The van der Waals surface area contributed by atoms with Crippen molar-refractivity contribution < 1.29 is 14.3 Å². The third-order valence-electron chi connectivity index (χ3n) is 2.39. The van der Waals surface area contributed by atoms with Crippen LogP contribution in [-0.2, 0) is 14.3 Å². The van der Waals surface area contributed by atoms with E-state index in [0.29, 0.717) is 6.54 Å². The lowest BCUT2D eigenvalue weighted by Crippen LogP contribution is -2.68. The molecule has 0 aliphatic carbocycles. The predicted octanol–water partition coefficient (Wildman–Crippen LogP) is -0.324. The number of carbonyl (C=O) groups is 2. The molecule has 1 amide bonds. The Morgan fingerprint density at radius 2 is 2.53 bits per heavy atom. The van der Waals surface area contributed by atoms with Gasteiger partial charge in [0.2, 0.25) is 5.91 Å². The van der Waals surface area contributed by atoms with Gasteiger partial charge < -0.3 is 15.4 Å². The average molecular weight is 228 g/mol. The van der Waals surface area contributed by atoms with Gasteiger partial charge in [-0.1, -0.05) is 0 Å². The standard InChI is InChI=1S/C9H12N2O3S/c1-5(12)14-3-6-2-11-8(13)7(10)9(11)15-4-6/h4,7,9H,2-3,10H2,1H3/t7-,9-/m1/s1. The van der Waals surface area contributed by atoms with Crippen LogP contribution in [0.25, 0.3) is 0 Å². The summed E-state index contributed by atoms with van der Waals surface area (Å²) >= 11 is 1.51. The molecule has 1 fully saturated rings. The van der Waals surface area contributed by atoms with Crippen LogP contribution in [0.2, 0.25) is 0 Å². The molecule has 2 N–H and O–H groups in total. The highest BCUT2D eigenvalue weighted by molar-refractivity contribution is 8.02. The lowest BCUT2D eigenvalue weighted by atomic mass is 10.1. The Hall–Kier alpha value is -1.01. The van der Waals surface area contributed by atoms with Crippen LogP contribution >= 0.6 is 11.8 Å². The first-order valence-corrected chi connectivity index (χ1v) is 5.56. The third kappa shape index (κ3) is 1.87. The summed E-state index contributed by atoms with van der Waals surface area (Å²) < 4.78 is 4.86. The molecule has 6 heteroatoms. The second-order valence-corrected chi connectivity index (χ2v) is 4.57. The van der Waals surface area contributed by atoms with Gasteiger partial charge in [0.05, 0.1) is 0 Å². The third-order valence-corrected chi connectivity index (χ3v) is 3.69. The van der Waals surface area contributed by atoms with E-state index in [2.05, 4.69) is 0 Å². The van der Waals surface area contributed by atoms with Crippen LogP contribution in [0.1, 0.15) is 6.92 Å². The van der Waals surface area contributed by atoms with Crippen molar-refractivity contribution in [2.75, 3.05) is 13.2 Å². The zero-order chi connectivity index (χ0) is 11.0. The van der Waals surface area contributed by atoms with Crippen molar-refractivity contribution in [3.05, 3.63) is 11.0 Å². The highest BCUT2D eigenvalue weighted by Crippen LogP contribution is 2.34. The van der Waals surface area contributed by atoms with Gasteiger partial charge in [-0.15, -0.1) is 11.8 Å². The fraction of sp³-hybridized carbons (Fsp3) is 0.556. The van der Waals surface area contributed by atoms with E-state index in [4.69, 9.17) is 10.5 Å². The highest BCUT2D eigenvalue weighted by Gasteiger charge is 2.46. The second kappa shape index (κ2) is 3.86. The van der Waals surface area contributed by atoms with Gasteiger partial charge >= 0.3 is 5.97 Å². The number of carbonyl (C=O) groups excluding carboxylic acids is 2. The molecule has 15 heavy (non-hydrogen) atoms. The van der Waals surface area contributed by atoms with Gasteiger partial charge in [-0.25, -0.2) is 0 Å². The molecule has 82 valence electrons. The molecule has 2 aliphatic rings. The zero-order valence-corrected chi connectivity index (χ0v) is 9.12. The average Bonchev–Trinajstić information content (AvgIpc) is 2.24. The Kier molecular flexibility index (Phi) is 2.70. The number of β-lactam (4-membered cyclic amide) rings is 1. The molecule has 2 aliphatic heterocycles. The smallest absolute Gasteiger partial charge is 0.302 e. The van der Waals surface area contributed by atoms with Crippen molar-refractivity contribution in [3.63, 3.8) is 0 Å². The Bertz CT molecular complexity index is 342. The minimum Gasteiger partial charge on any atom is -0.461 e. The molecule has 0 aromatic rings. The molecular weight excluding hydrogens is 216 g/mol. The minimum atomic E-state index is -0.374. The Balaban J connectivity index is 1.92. The second-order valence-electron chi connectivity index (χ2n) is 3.57. The summed E-state index contributed by atoms with van der Waals surface area (Å²) in [5, 5.41) is 2.00. The number of amides is 1. The molecule has 0 aromatic carbocycles. The largest absolute Gasteiger partial charge is 0.461 e. The van der Waals surface area contributed by atoms with Crippen molar-refractivity contribution in [3.8, 4) is 0 Å². The fourth-order valence-electron chi connectivity index (χ4n) is 1.57. The van der Waals surface area contributed by atoms with Crippen LogP contribution in [0.3, 0.4) is 0 Å². The Morgan fingerprint density at radius 3 is 3.20 bits per heavy atom. The molecule has 2 heterocycles. The van der Waals surface area contributed by atoms with Crippen molar-refractivity contribution in [2.45, 2.75) is 18.3 Å². The van der Waals surface area contributed by atoms with Gasteiger partial charge in [0, 0.05) is 13.5 Å². The molecule has 0 aromatic heterocycles. The van der Waals surface area contributed by atoms with Crippen LogP contribution in [0.5, 0.6) is 0 Å². The van der Waals surface area contributed by atoms with Gasteiger partial charge in [0.1, 0.15) is 18.0 Å². The lowest BCUT2D eigenvalue weighted by molar-refractivity contribution is -0.143. The molecule has 0 bridgehead atoms. The van der Waals surface area contributed by atoms with Crippen LogP contribution in [0.4, 0.5) is 0 Å². The summed E-state index contributed by atoms with van der Waals surface area (Å²) in [4.78, 5) is 23.6. The zero-order valence-electron chi connectivity index (χ0n) is 8.30. The molecule has 2 atom stereocenters. The van der Waals surface area contributed by atoms with Crippen LogP contribution in [-0.4, -0.2) is 41.3 Å². The summed E-state index contributed by atoms with van der Waals surface area (Å²) in [5.41, 5.74) is 6.55. The Morgan fingerprint density at radius 1 is 1.80 bits per heavy atom. The summed E-state index contributed by atoms with van der Waals surface area (Å²) in [7, 11) is 0. The Labute approximate surface area is 91.6 Å². The summed E-state index contributed by atoms with van der Waals surface area (Å²) in [6.45, 7) is 2.15. The maximum absolute atomic E-state index is 11.3. The number of fused-ring (bicyclic) bond motifs is 1. The van der Waals surface area contributed by atoms with Crippen LogP contribution < -0.4 is 5.73 Å². The van der Waals surface area contributed by atoms with Crippen LogP contribution in [0, 0.1) is 0 Å². The van der Waals surface area contributed by atoms with E-state index in [1.165, 1.54) is 18.7 Å². The number of nitrogens with zero attached hydrogens (tertiary/aromatic N) is 1. The van der Waals surface area contributed by atoms with E-state index in [1.807, 2.05) is 5.41 Å². The number of thioether (sulfide) groups is 1. The number of esters is 1. The van der Waals surface area contributed by atoms with E-state index in [-0.39, 0.29) is 29.9 Å². The fourth-order valence-corrected chi connectivity index (χ4v) is 2.66. The first kappa shape index (κ1) is 10.5. The maximum atomic E-state index is 11.3. The normalized spacial score (nSPS) is 29.1. The van der Waals surface area contributed by atoms with Gasteiger partial charge in [-0.05, 0) is 11.0 Å². The molecule has 5 nitrogen and oxygen atoms in total. The molecular formula is C9H12N2O3S. The first-order chi connectivity index (χ1) is 7.09. The predicted molar refractivity (Wildman–Crippen MR) is 55.8 cm³/mol. The summed E-state index contributed by atoms with van der Waals surface area (Å²) in [6, 6.07) is -0.374. The van der Waals surface area contributed by atoms with Crippen molar-refractivity contribution in [1.82, 2.24) is 4.90 Å².